The van der Waals surface area contributed by atoms with Crippen LogP contribution in [-0.2, 0) is 17.8 Å². The highest BCUT2D eigenvalue weighted by Crippen LogP contribution is 2.31. The molecule has 1 saturated carbocycles. The molecule has 3 rings (SSSR count). The number of hydrogen-bond acceptors (Lipinski definition) is 2. The maximum absolute atomic E-state index is 12.8. The Morgan fingerprint density at radius 1 is 1.26 bits per heavy atom. The fourth-order valence-corrected chi connectivity index (χ4v) is 4.18. The molecular weight excluding hydrogens is 286 g/mol. The number of fused-ring (bicyclic) bond motifs is 1. The molecule has 1 heterocycles. The number of carbonyl (C=O) groups is 1. The maximum atomic E-state index is 12.8. The number of ether oxygens (including phenoxy) is 1. The van der Waals surface area contributed by atoms with Gasteiger partial charge in [0.15, 0.2) is 0 Å². The van der Waals surface area contributed by atoms with Crippen LogP contribution in [-0.4, -0.2) is 24.5 Å². The SMILES string of the molecule is COc1ccc2c(c1)CN(C(=O)C(C)CC1CCCCC1)CC2. The largest absolute Gasteiger partial charge is 0.497 e. The zero-order valence-electron chi connectivity index (χ0n) is 14.5. The van der Waals surface area contributed by atoms with Crippen molar-refractivity contribution in [1.82, 2.24) is 4.90 Å². The predicted molar refractivity (Wildman–Crippen MR) is 92.5 cm³/mol. The van der Waals surface area contributed by atoms with Gasteiger partial charge in [-0.05, 0) is 42.0 Å². The van der Waals surface area contributed by atoms with E-state index in [1.165, 1.54) is 43.2 Å². The van der Waals surface area contributed by atoms with Crippen molar-refractivity contribution >= 4 is 5.91 Å². The monoisotopic (exact) mass is 315 g/mol. The van der Waals surface area contributed by atoms with Gasteiger partial charge in [-0.25, -0.2) is 0 Å². The van der Waals surface area contributed by atoms with Crippen molar-refractivity contribution in [1.29, 1.82) is 0 Å². The molecule has 3 nitrogen and oxygen atoms in total. The Kier molecular flexibility index (Phi) is 5.24. The summed E-state index contributed by atoms with van der Waals surface area (Å²) < 4.78 is 5.32. The lowest BCUT2D eigenvalue weighted by atomic mass is 9.83. The van der Waals surface area contributed by atoms with Crippen LogP contribution in [0.2, 0.25) is 0 Å². The van der Waals surface area contributed by atoms with Gasteiger partial charge in [0.25, 0.3) is 0 Å². The summed E-state index contributed by atoms with van der Waals surface area (Å²) in [6.07, 6.45) is 8.74. The maximum Gasteiger partial charge on any atom is 0.225 e. The second kappa shape index (κ2) is 7.37. The molecule has 0 saturated heterocycles. The molecule has 1 aromatic rings. The summed E-state index contributed by atoms with van der Waals surface area (Å²) in [7, 11) is 1.69. The Labute approximate surface area is 140 Å². The third-order valence-electron chi connectivity index (χ3n) is 5.57. The molecule has 0 radical (unpaired) electrons. The molecule has 2 aliphatic rings. The molecule has 1 amide bonds. The van der Waals surface area contributed by atoms with Crippen molar-refractivity contribution in [2.24, 2.45) is 11.8 Å². The average Bonchev–Trinajstić information content (AvgIpc) is 2.60. The normalized spacial score (nSPS) is 20.0. The lowest BCUT2D eigenvalue weighted by molar-refractivity contribution is -0.136. The second-order valence-electron chi connectivity index (χ2n) is 7.29. The Hall–Kier alpha value is -1.51. The van der Waals surface area contributed by atoms with Crippen LogP contribution in [0.25, 0.3) is 0 Å². The third kappa shape index (κ3) is 3.88. The molecular formula is C20H29NO2. The zero-order chi connectivity index (χ0) is 16.2. The zero-order valence-corrected chi connectivity index (χ0v) is 14.5. The van der Waals surface area contributed by atoms with E-state index in [0.29, 0.717) is 5.91 Å². The highest BCUT2D eigenvalue weighted by molar-refractivity contribution is 5.78. The predicted octanol–water partition coefficient (Wildman–Crippen LogP) is 4.19. The Bertz CT molecular complexity index is 549. The number of hydrogen-bond donors (Lipinski definition) is 0. The second-order valence-corrected chi connectivity index (χ2v) is 7.29. The van der Waals surface area contributed by atoms with Crippen LogP contribution in [0.1, 0.15) is 56.6 Å². The number of methoxy groups -OCH3 is 1. The molecule has 1 aliphatic carbocycles. The van der Waals surface area contributed by atoms with Crippen LogP contribution in [0, 0.1) is 11.8 Å². The number of amides is 1. The van der Waals surface area contributed by atoms with Gasteiger partial charge in [-0.3, -0.25) is 4.79 Å². The van der Waals surface area contributed by atoms with Crippen LogP contribution in [0.3, 0.4) is 0 Å². The van der Waals surface area contributed by atoms with Crippen molar-refractivity contribution in [3.8, 4) is 5.75 Å². The molecule has 1 aromatic carbocycles. The lowest BCUT2D eigenvalue weighted by Crippen LogP contribution is -2.39. The Balaban J connectivity index is 1.61. The molecule has 1 aliphatic heterocycles. The summed E-state index contributed by atoms with van der Waals surface area (Å²) in [6.45, 7) is 3.71. The van der Waals surface area contributed by atoms with E-state index in [1.54, 1.807) is 7.11 Å². The van der Waals surface area contributed by atoms with Gasteiger partial charge >= 0.3 is 0 Å². The first-order valence-electron chi connectivity index (χ1n) is 9.12. The van der Waals surface area contributed by atoms with Gasteiger partial charge < -0.3 is 9.64 Å². The Morgan fingerprint density at radius 3 is 2.78 bits per heavy atom. The molecule has 0 spiro atoms. The average molecular weight is 315 g/mol. The molecule has 126 valence electrons. The van der Waals surface area contributed by atoms with Crippen LogP contribution in [0.4, 0.5) is 0 Å². The van der Waals surface area contributed by atoms with Gasteiger partial charge in [0.2, 0.25) is 5.91 Å². The summed E-state index contributed by atoms with van der Waals surface area (Å²) in [5.74, 6) is 2.14. The van der Waals surface area contributed by atoms with Crippen LogP contribution >= 0.6 is 0 Å². The molecule has 0 bridgehead atoms. The van der Waals surface area contributed by atoms with E-state index in [0.717, 1.165) is 37.6 Å². The fraction of sp³-hybridized carbons (Fsp3) is 0.650. The highest BCUT2D eigenvalue weighted by atomic mass is 16.5. The van der Waals surface area contributed by atoms with Gasteiger partial charge in [0.1, 0.15) is 5.75 Å². The van der Waals surface area contributed by atoms with E-state index in [4.69, 9.17) is 4.74 Å². The Morgan fingerprint density at radius 2 is 2.04 bits per heavy atom. The van der Waals surface area contributed by atoms with E-state index in [-0.39, 0.29) is 5.92 Å². The third-order valence-corrected chi connectivity index (χ3v) is 5.57. The molecule has 1 atom stereocenters. The van der Waals surface area contributed by atoms with Gasteiger partial charge in [-0.15, -0.1) is 0 Å². The smallest absolute Gasteiger partial charge is 0.225 e. The van der Waals surface area contributed by atoms with Crippen molar-refractivity contribution in [2.45, 2.75) is 58.4 Å². The van der Waals surface area contributed by atoms with E-state index in [9.17, 15) is 4.79 Å². The van der Waals surface area contributed by atoms with Crippen molar-refractivity contribution in [3.05, 3.63) is 29.3 Å². The minimum absolute atomic E-state index is 0.158. The van der Waals surface area contributed by atoms with E-state index >= 15 is 0 Å². The van der Waals surface area contributed by atoms with Crippen LogP contribution in [0.15, 0.2) is 18.2 Å². The first-order valence-corrected chi connectivity index (χ1v) is 9.12. The minimum atomic E-state index is 0.158. The van der Waals surface area contributed by atoms with Crippen molar-refractivity contribution < 1.29 is 9.53 Å². The van der Waals surface area contributed by atoms with Gasteiger partial charge in [0.05, 0.1) is 7.11 Å². The number of rotatable bonds is 4. The van der Waals surface area contributed by atoms with Gasteiger partial charge in [0, 0.05) is 19.0 Å². The molecule has 0 aromatic heterocycles. The number of benzene rings is 1. The van der Waals surface area contributed by atoms with Crippen molar-refractivity contribution in [2.75, 3.05) is 13.7 Å². The quantitative estimate of drug-likeness (QED) is 0.834. The highest BCUT2D eigenvalue weighted by Gasteiger charge is 2.27. The number of nitrogens with zero attached hydrogens (tertiary/aromatic N) is 1. The van der Waals surface area contributed by atoms with E-state index in [1.807, 2.05) is 6.07 Å². The first kappa shape index (κ1) is 16.4. The summed E-state index contributed by atoms with van der Waals surface area (Å²) in [6, 6.07) is 6.24. The van der Waals surface area contributed by atoms with Crippen molar-refractivity contribution in [3.63, 3.8) is 0 Å². The lowest BCUT2D eigenvalue weighted by Gasteiger charge is -2.32. The van der Waals surface area contributed by atoms with Gasteiger partial charge in [-0.2, -0.15) is 0 Å². The summed E-state index contributed by atoms with van der Waals surface area (Å²) in [5, 5.41) is 0. The topological polar surface area (TPSA) is 29.5 Å². The van der Waals surface area contributed by atoms with E-state index in [2.05, 4.69) is 24.0 Å². The fourth-order valence-electron chi connectivity index (χ4n) is 4.18. The standard InChI is InChI=1S/C20H29NO2/c1-15(12-16-6-4-3-5-7-16)20(22)21-11-10-17-8-9-19(23-2)13-18(17)14-21/h8-9,13,15-16H,3-7,10-12,14H2,1-2H3. The van der Waals surface area contributed by atoms with Crippen LogP contribution in [0.5, 0.6) is 5.75 Å². The minimum Gasteiger partial charge on any atom is -0.497 e. The summed E-state index contributed by atoms with van der Waals surface area (Å²) >= 11 is 0. The van der Waals surface area contributed by atoms with E-state index < -0.39 is 0 Å². The summed E-state index contributed by atoms with van der Waals surface area (Å²) in [5.41, 5.74) is 2.60. The number of carbonyl (C=O) groups excluding carboxylic acids is 1. The molecule has 0 N–H and O–H groups in total. The van der Waals surface area contributed by atoms with Gasteiger partial charge in [-0.1, -0.05) is 45.1 Å². The summed E-state index contributed by atoms with van der Waals surface area (Å²) in [4.78, 5) is 14.9. The molecule has 23 heavy (non-hydrogen) atoms. The van der Waals surface area contributed by atoms with Crippen LogP contribution < -0.4 is 4.74 Å². The molecule has 3 heteroatoms. The first-order chi connectivity index (χ1) is 11.2. The molecule has 1 unspecified atom stereocenters. The molecule has 1 fully saturated rings.